The Hall–Kier alpha value is -0.450. The van der Waals surface area contributed by atoms with Crippen molar-refractivity contribution in [2.24, 2.45) is 5.73 Å². The average Bonchev–Trinajstić information content (AvgIpc) is 2.55. The molecular weight excluding hydrogens is 172 g/mol. The smallest absolute Gasteiger partial charge is 0.122 e. The van der Waals surface area contributed by atoms with Gasteiger partial charge in [0.25, 0.3) is 0 Å². The van der Waals surface area contributed by atoms with Crippen LogP contribution >= 0.6 is 11.3 Å². The van der Waals surface area contributed by atoms with Crippen molar-refractivity contribution in [3.05, 3.63) is 16.1 Å². The van der Waals surface area contributed by atoms with Crippen molar-refractivity contribution in [3.63, 3.8) is 0 Å². The fraction of sp³-hybridized carbons (Fsp3) is 0.625. The summed E-state index contributed by atoms with van der Waals surface area (Å²) >= 11 is 1.63. The molecule has 0 saturated carbocycles. The van der Waals surface area contributed by atoms with E-state index in [0.29, 0.717) is 6.54 Å². The van der Waals surface area contributed by atoms with Crippen LogP contribution in [0.1, 0.15) is 29.3 Å². The first-order chi connectivity index (χ1) is 5.81. The molecule has 3 nitrogen and oxygen atoms in total. The Kier molecular flexibility index (Phi) is 3.65. The van der Waals surface area contributed by atoms with Crippen molar-refractivity contribution < 1.29 is 4.74 Å². The second kappa shape index (κ2) is 4.54. The molecule has 0 aliphatic heterocycles. The van der Waals surface area contributed by atoms with E-state index in [4.69, 9.17) is 10.5 Å². The number of hydrogen-bond acceptors (Lipinski definition) is 4. The molecule has 0 amide bonds. The number of methoxy groups -OCH3 is 1. The molecule has 1 unspecified atom stereocenters. The van der Waals surface area contributed by atoms with E-state index >= 15 is 0 Å². The Morgan fingerprint density at radius 3 is 2.92 bits per heavy atom. The normalized spacial score (nSPS) is 13.2. The Morgan fingerprint density at radius 2 is 2.50 bits per heavy atom. The lowest BCUT2D eigenvalue weighted by atomic mass is 10.3. The molecular formula is C8H14N2OS. The first-order valence-electron chi connectivity index (χ1n) is 3.99. The number of hydrogen-bond donors (Lipinski definition) is 1. The maximum absolute atomic E-state index is 5.48. The summed E-state index contributed by atoms with van der Waals surface area (Å²) in [5.74, 6) is 0. The van der Waals surface area contributed by atoms with Crippen LogP contribution in [0, 0.1) is 0 Å². The maximum atomic E-state index is 5.48. The fourth-order valence-electron chi connectivity index (χ4n) is 1.01. The van der Waals surface area contributed by atoms with Gasteiger partial charge in [-0.15, -0.1) is 11.3 Å². The van der Waals surface area contributed by atoms with Crippen LogP contribution in [0.2, 0.25) is 0 Å². The Morgan fingerprint density at radius 1 is 1.75 bits per heavy atom. The first-order valence-corrected chi connectivity index (χ1v) is 4.81. The minimum absolute atomic E-state index is 0.135. The zero-order valence-electron chi connectivity index (χ0n) is 7.41. The van der Waals surface area contributed by atoms with E-state index in [-0.39, 0.29) is 6.10 Å². The number of ether oxygens (including phenoxy) is 1. The fourth-order valence-corrected chi connectivity index (χ4v) is 1.97. The minimum Gasteiger partial charge on any atom is -0.374 e. The molecule has 0 spiro atoms. The molecule has 1 aromatic rings. The van der Waals surface area contributed by atoms with E-state index in [1.165, 1.54) is 0 Å². The molecule has 0 bridgehead atoms. The van der Waals surface area contributed by atoms with Gasteiger partial charge in [0, 0.05) is 24.7 Å². The van der Waals surface area contributed by atoms with Crippen LogP contribution in [0.25, 0.3) is 0 Å². The average molecular weight is 186 g/mol. The molecule has 0 saturated heterocycles. The van der Waals surface area contributed by atoms with E-state index in [1.54, 1.807) is 18.4 Å². The monoisotopic (exact) mass is 186 g/mol. The SMILES string of the molecule is CCC(OC)c1ncc(CN)s1. The van der Waals surface area contributed by atoms with Gasteiger partial charge in [0.1, 0.15) is 11.1 Å². The molecule has 0 fully saturated rings. The first kappa shape index (κ1) is 9.64. The van der Waals surface area contributed by atoms with Crippen LogP contribution in [0.15, 0.2) is 6.20 Å². The Bertz CT molecular complexity index is 233. The topological polar surface area (TPSA) is 48.1 Å². The van der Waals surface area contributed by atoms with Crippen molar-refractivity contribution in [3.8, 4) is 0 Å². The largest absolute Gasteiger partial charge is 0.374 e. The maximum Gasteiger partial charge on any atom is 0.122 e. The third kappa shape index (κ3) is 2.03. The van der Waals surface area contributed by atoms with Crippen LogP contribution in [-0.4, -0.2) is 12.1 Å². The highest BCUT2D eigenvalue weighted by atomic mass is 32.1. The van der Waals surface area contributed by atoms with Crippen molar-refractivity contribution in [1.29, 1.82) is 0 Å². The van der Waals surface area contributed by atoms with Crippen LogP contribution < -0.4 is 5.73 Å². The summed E-state index contributed by atoms with van der Waals surface area (Å²) in [6.07, 6.45) is 2.91. The summed E-state index contributed by atoms with van der Waals surface area (Å²) < 4.78 is 5.25. The summed E-state index contributed by atoms with van der Waals surface area (Å²) in [7, 11) is 1.71. The number of aromatic nitrogens is 1. The predicted molar refractivity (Wildman–Crippen MR) is 50.0 cm³/mol. The van der Waals surface area contributed by atoms with E-state index < -0.39 is 0 Å². The van der Waals surface area contributed by atoms with Crippen LogP contribution in [0.4, 0.5) is 0 Å². The van der Waals surface area contributed by atoms with Crippen LogP contribution in [-0.2, 0) is 11.3 Å². The third-order valence-corrected chi connectivity index (χ3v) is 2.82. The van der Waals surface area contributed by atoms with Gasteiger partial charge in [0.2, 0.25) is 0 Å². The van der Waals surface area contributed by atoms with Crippen LogP contribution in [0.3, 0.4) is 0 Å². The molecule has 2 N–H and O–H groups in total. The molecule has 1 aromatic heterocycles. The molecule has 1 heterocycles. The van der Waals surface area contributed by atoms with Crippen molar-refractivity contribution >= 4 is 11.3 Å². The molecule has 0 radical (unpaired) electrons. The van der Waals surface area contributed by atoms with Gasteiger partial charge in [-0.25, -0.2) is 4.98 Å². The van der Waals surface area contributed by atoms with Gasteiger partial charge in [-0.3, -0.25) is 0 Å². The number of nitrogens with two attached hydrogens (primary N) is 1. The molecule has 4 heteroatoms. The van der Waals surface area contributed by atoms with Gasteiger partial charge in [-0.05, 0) is 6.42 Å². The van der Waals surface area contributed by atoms with E-state index in [9.17, 15) is 0 Å². The summed E-state index contributed by atoms with van der Waals surface area (Å²) in [5.41, 5.74) is 5.48. The zero-order valence-corrected chi connectivity index (χ0v) is 8.23. The second-order valence-electron chi connectivity index (χ2n) is 2.50. The number of rotatable bonds is 4. The highest BCUT2D eigenvalue weighted by Crippen LogP contribution is 2.24. The number of nitrogens with zero attached hydrogens (tertiary/aromatic N) is 1. The van der Waals surface area contributed by atoms with Gasteiger partial charge in [-0.2, -0.15) is 0 Å². The van der Waals surface area contributed by atoms with Gasteiger partial charge in [-0.1, -0.05) is 6.92 Å². The Labute approximate surface area is 76.6 Å². The highest BCUT2D eigenvalue weighted by Gasteiger charge is 2.11. The summed E-state index contributed by atoms with van der Waals surface area (Å²) in [4.78, 5) is 5.35. The van der Waals surface area contributed by atoms with Crippen LogP contribution in [0.5, 0.6) is 0 Å². The number of thiazole rings is 1. The van der Waals surface area contributed by atoms with E-state index in [2.05, 4.69) is 11.9 Å². The predicted octanol–water partition coefficient (Wildman–Crippen LogP) is 1.70. The summed E-state index contributed by atoms with van der Waals surface area (Å²) in [6.45, 7) is 2.65. The van der Waals surface area contributed by atoms with Gasteiger partial charge < -0.3 is 10.5 Å². The van der Waals surface area contributed by atoms with E-state index in [0.717, 1.165) is 16.3 Å². The van der Waals surface area contributed by atoms with Gasteiger partial charge >= 0.3 is 0 Å². The zero-order chi connectivity index (χ0) is 8.97. The Balaban J connectivity index is 2.72. The molecule has 0 aliphatic rings. The molecule has 68 valence electrons. The third-order valence-electron chi connectivity index (χ3n) is 1.70. The molecule has 1 atom stereocenters. The molecule has 0 aromatic carbocycles. The van der Waals surface area contributed by atoms with Crippen molar-refractivity contribution in [1.82, 2.24) is 4.98 Å². The molecule has 12 heavy (non-hydrogen) atoms. The summed E-state index contributed by atoms with van der Waals surface area (Å²) in [5, 5.41) is 1.03. The van der Waals surface area contributed by atoms with Crippen molar-refractivity contribution in [2.75, 3.05) is 7.11 Å². The quantitative estimate of drug-likeness (QED) is 0.778. The summed E-state index contributed by atoms with van der Waals surface area (Å²) in [6, 6.07) is 0. The van der Waals surface area contributed by atoms with Crippen molar-refractivity contribution in [2.45, 2.75) is 26.0 Å². The van der Waals surface area contributed by atoms with Gasteiger partial charge in [0.15, 0.2) is 0 Å². The lowest BCUT2D eigenvalue weighted by Gasteiger charge is -2.07. The lowest BCUT2D eigenvalue weighted by Crippen LogP contribution is -1.97. The second-order valence-corrected chi connectivity index (χ2v) is 3.65. The lowest BCUT2D eigenvalue weighted by molar-refractivity contribution is 0.0998. The van der Waals surface area contributed by atoms with Gasteiger partial charge in [0.05, 0.1) is 0 Å². The molecule has 0 aliphatic carbocycles. The minimum atomic E-state index is 0.135. The highest BCUT2D eigenvalue weighted by molar-refractivity contribution is 7.11. The van der Waals surface area contributed by atoms with E-state index in [1.807, 2.05) is 6.20 Å². The standard InChI is InChI=1S/C8H14N2OS/c1-3-7(11-2)8-10-5-6(4-9)12-8/h5,7H,3-4,9H2,1-2H3. The molecule has 1 rings (SSSR count).